The summed E-state index contributed by atoms with van der Waals surface area (Å²) in [4.78, 5) is 20.3. The van der Waals surface area contributed by atoms with E-state index in [2.05, 4.69) is 21.9 Å². The zero-order valence-corrected chi connectivity index (χ0v) is 17.0. The third kappa shape index (κ3) is 6.44. The SMILES string of the molecule is C=C(C)C(=N)c1cc(/C(C=NC)=C/N=CC)cc(C)c1NCC(=O)CCC. The number of hydrogen-bond acceptors (Lipinski definition) is 5. The largest absolute Gasteiger partial charge is 0.377 e. The minimum Gasteiger partial charge on any atom is -0.377 e. The zero-order valence-electron chi connectivity index (χ0n) is 17.0. The first-order valence-electron chi connectivity index (χ1n) is 9.11. The summed E-state index contributed by atoms with van der Waals surface area (Å²) in [6.07, 6.45) is 6.58. The normalized spacial score (nSPS) is 12.0. The maximum Gasteiger partial charge on any atom is 0.151 e. The van der Waals surface area contributed by atoms with Crippen LogP contribution in [0.4, 0.5) is 5.69 Å². The van der Waals surface area contributed by atoms with Gasteiger partial charge in [-0.3, -0.25) is 20.2 Å². The Hall–Kier alpha value is -2.82. The molecular formula is C22H30N4O. The van der Waals surface area contributed by atoms with Crippen LogP contribution >= 0.6 is 0 Å². The van der Waals surface area contributed by atoms with E-state index >= 15 is 0 Å². The van der Waals surface area contributed by atoms with Crippen LogP contribution in [0.5, 0.6) is 0 Å². The maximum atomic E-state index is 11.9. The summed E-state index contributed by atoms with van der Waals surface area (Å²) >= 11 is 0. The quantitative estimate of drug-likeness (QED) is 0.581. The van der Waals surface area contributed by atoms with Gasteiger partial charge in [0.25, 0.3) is 0 Å². The number of anilines is 1. The molecule has 0 aliphatic carbocycles. The lowest BCUT2D eigenvalue weighted by atomic mass is 9.94. The molecule has 0 aromatic heterocycles. The molecule has 0 aliphatic heterocycles. The van der Waals surface area contributed by atoms with E-state index in [-0.39, 0.29) is 12.3 Å². The van der Waals surface area contributed by atoms with Crippen molar-refractivity contribution in [1.82, 2.24) is 0 Å². The van der Waals surface area contributed by atoms with Crippen LogP contribution in [-0.4, -0.2) is 37.5 Å². The van der Waals surface area contributed by atoms with Gasteiger partial charge in [-0.1, -0.05) is 13.5 Å². The van der Waals surface area contributed by atoms with Crippen molar-refractivity contribution in [3.8, 4) is 0 Å². The van der Waals surface area contributed by atoms with E-state index in [9.17, 15) is 4.79 Å². The fraction of sp³-hybridized carbons (Fsp3) is 0.364. The first-order valence-corrected chi connectivity index (χ1v) is 9.11. The van der Waals surface area contributed by atoms with E-state index in [1.165, 1.54) is 0 Å². The summed E-state index contributed by atoms with van der Waals surface area (Å²) in [6.45, 7) is 11.8. The summed E-state index contributed by atoms with van der Waals surface area (Å²) in [7, 11) is 1.71. The molecule has 27 heavy (non-hydrogen) atoms. The maximum absolute atomic E-state index is 11.9. The minimum atomic E-state index is 0.157. The molecule has 0 saturated carbocycles. The van der Waals surface area contributed by atoms with Crippen LogP contribution in [0.2, 0.25) is 0 Å². The Kier molecular flexibility index (Phi) is 9.06. The number of carbonyl (C=O) groups is 1. The molecule has 0 aliphatic rings. The van der Waals surface area contributed by atoms with Crippen molar-refractivity contribution in [2.75, 3.05) is 18.9 Å². The molecular weight excluding hydrogens is 336 g/mol. The van der Waals surface area contributed by atoms with Gasteiger partial charge < -0.3 is 5.32 Å². The number of rotatable bonds is 10. The first kappa shape index (κ1) is 22.2. The van der Waals surface area contributed by atoms with Crippen LogP contribution in [0.1, 0.15) is 50.3 Å². The van der Waals surface area contributed by atoms with E-state index in [1.807, 2.05) is 39.8 Å². The topological polar surface area (TPSA) is 77.7 Å². The van der Waals surface area contributed by atoms with Gasteiger partial charge in [-0.2, -0.15) is 0 Å². The number of aryl methyl sites for hydroxylation is 1. The Morgan fingerprint density at radius 1 is 1.37 bits per heavy atom. The second kappa shape index (κ2) is 11.0. The first-order chi connectivity index (χ1) is 12.8. The van der Waals surface area contributed by atoms with Crippen LogP contribution < -0.4 is 5.32 Å². The highest BCUT2D eigenvalue weighted by molar-refractivity contribution is 6.16. The van der Waals surface area contributed by atoms with E-state index in [4.69, 9.17) is 5.41 Å². The number of hydrogen-bond donors (Lipinski definition) is 2. The van der Waals surface area contributed by atoms with Crippen molar-refractivity contribution < 1.29 is 4.79 Å². The summed E-state index contributed by atoms with van der Waals surface area (Å²) in [5.74, 6) is 0.157. The standard InChI is InChI=1S/C22H30N4O/c1-7-9-19(27)14-26-22-16(5)10-17(11-20(22)21(23)15(3)4)18(12-24-6)13-25-8-2/h8,10-13,23,26H,3,7,9,14H2,1-2,4-6H3/b18-13+,23-21?,24-12?,25-8?. The number of Topliss-reactive ketones (excluding diaryl/α,β-unsaturated/α-hetero) is 1. The van der Waals surface area contributed by atoms with E-state index in [0.717, 1.165) is 34.4 Å². The predicted molar refractivity (Wildman–Crippen MR) is 118 cm³/mol. The van der Waals surface area contributed by atoms with Crippen LogP contribution in [0, 0.1) is 12.3 Å². The van der Waals surface area contributed by atoms with E-state index in [1.54, 1.807) is 25.7 Å². The van der Waals surface area contributed by atoms with Crippen LogP contribution in [0.15, 0.2) is 40.5 Å². The third-order valence-electron chi connectivity index (χ3n) is 3.99. The van der Waals surface area contributed by atoms with Crippen LogP contribution in [0.25, 0.3) is 5.57 Å². The summed E-state index contributed by atoms with van der Waals surface area (Å²) < 4.78 is 0. The lowest BCUT2D eigenvalue weighted by Gasteiger charge is -2.18. The smallest absolute Gasteiger partial charge is 0.151 e. The second-order valence-electron chi connectivity index (χ2n) is 6.39. The van der Waals surface area contributed by atoms with Gasteiger partial charge in [0.15, 0.2) is 5.78 Å². The third-order valence-corrected chi connectivity index (χ3v) is 3.99. The van der Waals surface area contributed by atoms with Crippen molar-refractivity contribution in [1.29, 1.82) is 5.41 Å². The molecule has 1 aromatic rings. The van der Waals surface area contributed by atoms with Gasteiger partial charge >= 0.3 is 0 Å². The lowest BCUT2D eigenvalue weighted by Crippen LogP contribution is -2.17. The molecule has 0 unspecified atom stereocenters. The van der Waals surface area contributed by atoms with Gasteiger partial charge in [0.1, 0.15) is 0 Å². The second-order valence-corrected chi connectivity index (χ2v) is 6.39. The van der Waals surface area contributed by atoms with Gasteiger partial charge in [0, 0.05) is 48.9 Å². The molecule has 0 amide bonds. The molecule has 1 rings (SSSR count). The molecule has 5 nitrogen and oxygen atoms in total. The average molecular weight is 367 g/mol. The fourth-order valence-corrected chi connectivity index (χ4v) is 2.65. The summed E-state index contributed by atoms with van der Waals surface area (Å²) in [5, 5.41) is 11.7. The number of ketones is 1. The molecule has 0 fully saturated rings. The Morgan fingerprint density at radius 2 is 2.07 bits per heavy atom. The molecule has 5 heteroatoms. The van der Waals surface area contributed by atoms with Gasteiger partial charge in [-0.15, -0.1) is 0 Å². The monoisotopic (exact) mass is 366 g/mol. The molecule has 0 spiro atoms. The lowest BCUT2D eigenvalue weighted by molar-refractivity contribution is -0.117. The Bertz CT molecular complexity index is 801. The van der Waals surface area contributed by atoms with E-state index in [0.29, 0.717) is 17.7 Å². The number of nitrogens with one attached hydrogen (secondary N) is 2. The fourth-order valence-electron chi connectivity index (χ4n) is 2.65. The number of allylic oxidation sites excluding steroid dienone is 2. The van der Waals surface area contributed by atoms with Gasteiger partial charge in [0.05, 0.1) is 12.3 Å². The van der Waals surface area contributed by atoms with Gasteiger partial charge in [-0.25, -0.2) is 0 Å². The Labute approximate surface area is 162 Å². The zero-order chi connectivity index (χ0) is 20.4. The highest BCUT2D eigenvalue weighted by Crippen LogP contribution is 2.28. The van der Waals surface area contributed by atoms with E-state index < -0.39 is 0 Å². The molecule has 0 atom stereocenters. The molecule has 0 radical (unpaired) electrons. The minimum absolute atomic E-state index is 0.157. The molecule has 144 valence electrons. The Morgan fingerprint density at radius 3 is 2.63 bits per heavy atom. The van der Waals surface area contributed by atoms with Crippen molar-refractivity contribution >= 4 is 35.2 Å². The van der Waals surface area contributed by atoms with Crippen molar-refractivity contribution in [2.45, 2.75) is 40.5 Å². The molecule has 1 aromatic carbocycles. The van der Waals surface area contributed by atoms with Crippen molar-refractivity contribution in [3.63, 3.8) is 0 Å². The number of aliphatic imine (C=N–C) groups is 2. The van der Waals surface area contributed by atoms with Gasteiger partial charge in [-0.05, 0) is 56.0 Å². The summed E-state index contributed by atoms with van der Waals surface area (Å²) in [5.41, 5.74) is 5.24. The number of nitrogens with zero attached hydrogens (tertiary/aromatic N) is 2. The average Bonchev–Trinajstić information content (AvgIpc) is 2.63. The predicted octanol–water partition coefficient (Wildman–Crippen LogP) is 4.85. The molecule has 0 heterocycles. The van der Waals surface area contributed by atoms with Crippen LogP contribution in [-0.2, 0) is 4.79 Å². The number of benzene rings is 1. The van der Waals surface area contributed by atoms with Crippen molar-refractivity contribution in [3.05, 3.63) is 47.2 Å². The Balaban J connectivity index is 3.46. The highest BCUT2D eigenvalue weighted by atomic mass is 16.1. The van der Waals surface area contributed by atoms with Crippen LogP contribution in [0.3, 0.4) is 0 Å². The van der Waals surface area contributed by atoms with Crippen molar-refractivity contribution in [2.24, 2.45) is 9.98 Å². The highest BCUT2D eigenvalue weighted by Gasteiger charge is 2.15. The molecule has 0 bridgehead atoms. The molecule has 2 N–H and O–H groups in total. The molecule has 0 saturated heterocycles. The summed E-state index contributed by atoms with van der Waals surface area (Å²) in [6, 6.07) is 3.94. The number of carbonyl (C=O) groups excluding carboxylic acids is 1. The van der Waals surface area contributed by atoms with Gasteiger partial charge in [0.2, 0.25) is 0 Å².